The smallest absolute Gasteiger partial charge is 0.136 e. The zero-order chi connectivity index (χ0) is 8.97. The molecular weight excluding hydrogens is 148 g/mol. The lowest BCUT2D eigenvalue weighted by molar-refractivity contribution is 1.11. The largest absolute Gasteiger partial charge is 0.307 e. The highest BCUT2D eigenvalue weighted by molar-refractivity contribution is 5.44. The summed E-state index contributed by atoms with van der Waals surface area (Å²) in [5.74, 6) is 0.840. The third kappa shape index (κ3) is 1.95. The van der Waals surface area contributed by atoms with Gasteiger partial charge in [0.25, 0.3) is 0 Å². The maximum absolute atomic E-state index is 4.08. The van der Waals surface area contributed by atoms with Crippen LogP contribution in [0.4, 0.5) is 0 Å². The first-order chi connectivity index (χ1) is 5.74. The summed E-state index contributed by atoms with van der Waals surface area (Å²) in [6.45, 7) is 9.36. The van der Waals surface area contributed by atoms with Crippen molar-refractivity contribution in [2.45, 2.75) is 6.92 Å². The molecule has 1 rings (SSSR count). The van der Waals surface area contributed by atoms with E-state index in [1.807, 2.05) is 30.0 Å². The molecule has 62 valence electrons. The number of allylic oxidation sites excluding steroid dienone is 2. The van der Waals surface area contributed by atoms with Crippen LogP contribution in [-0.4, -0.2) is 9.55 Å². The number of imidazole rings is 1. The molecule has 0 aliphatic rings. The predicted molar refractivity (Wildman–Crippen MR) is 52.5 cm³/mol. The van der Waals surface area contributed by atoms with Crippen molar-refractivity contribution in [2.75, 3.05) is 0 Å². The van der Waals surface area contributed by atoms with Crippen LogP contribution in [0.25, 0.3) is 12.3 Å². The fourth-order valence-corrected chi connectivity index (χ4v) is 0.816. The number of nitrogens with zero attached hydrogens (tertiary/aromatic N) is 2. The normalized spacial score (nSPS) is 10.4. The van der Waals surface area contributed by atoms with Gasteiger partial charge in [-0.15, -0.1) is 0 Å². The summed E-state index contributed by atoms with van der Waals surface area (Å²) in [5.41, 5.74) is 1.01. The summed E-state index contributed by atoms with van der Waals surface area (Å²) < 4.78 is 1.89. The van der Waals surface area contributed by atoms with Crippen molar-refractivity contribution in [1.29, 1.82) is 0 Å². The maximum atomic E-state index is 4.08. The highest BCUT2D eigenvalue weighted by Crippen LogP contribution is 2.01. The van der Waals surface area contributed by atoms with Gasteiger partial charge in [-0.25, -0.2) is 4.98 Å². The Labute approximate surface area is 72.6 Å². The van der Waals surface area contributed by atoms with Gasteiger partial charge < -0.3 is 4.57 Å². The standard InChI is InChI=1S/C10H12N2/c1-4-10-11-6-8-12(10)7-5-9(2)3/h4-8H,1-2H2,3H3/b7-5-. The van der Waals surface area contributed by atoms with Gasteiger partial charge in [-0.3, -0.25) is 0 Å². The van der Waals surface area contributed by atoms with Crippen LogP contribution >= 0.6 is 0 Å². The number of hydrogen-bond acceptors (Lipinski definition) is 1. The highest BCUT2D eigenvalue weighted by atomic mass is 15.0. The van der Waals surface area contributed by atoms with Crippen LogP contribution in [0.2, 0.25) is 0 Å². The second kappa shape index (κ2) is 3.72. The van der Waals surface area contributed by atoms with Crippen molar-refractivity contribution in [3.63, 3.8) is 0 Å². The zero-order valence-corrected chi connectivity index (χ0v) is 7.20. The SMILES string of the molecule is C=Cc1nccn1/C=C\C(=C)C. The van der Waals surface area contributed by atoms with Crippen LogP contribution in [0.1, 0.15) is 12.7 Å². The molecule has 2 heteroatoms. The van der Waals surface area contributed by atoms with Crippen molar-refractivity contribution in [2.24, 2.45) is 0 Å². The van der Waals surface area contributed by atoms with Crippen molar-refractivity contribution < 1.29 is 0 Å². The molecule has 2 nitrogen and oxygen atoms in total. The molecule has 0 amide bonds. The second-order valence-electron chi connectivity index (χ2n) is 2.56. The molecule has 0 atom stereocenters. The van der Waals surface area contributed by atoms with Gasteiger partial charge in [-0.2, -0.15) is 0 Å². The Balaban J connectivity index is 2.88. The summed E-state index contributed by atoms with van der Waals surface area (Å²) in [5, 5.41) is 0. The van der Waals surface area contributed by atoms with Gasteiger partial charge in [0, 0.05) is 18.6 Å². The van der Waals surface area contributed by atoms with Crippen molar-refractivity contribution in [3.8, 4) is 0 Å². The molecule has 0 spiro atoms. The van der Waals surface area contributed by atoms with E-state index < -0.39 is 0 Å². The predicted octanol–water partition coefficient (Wildman–Crippen LogP) is 2.57. The van der Waals surface area contributed by atoms with Gasteiger partial charge in [0.15, 0.2) is 0 Å². The molecule has 0 aromatic carbocycles. The average molecular weight is 160 g/mol. The maximum Gasteiger partial charge on any atom is 0.136 e. The molecule has 0 unspecified atom stereocenters. The molecule has 0 bridgehead atoms. The first-order valence-electron chi connectivity index (χ1n) is 3.73. The summed E-state index contributed by atoms with van der Waals surface area (Å²) in [6, 6.07) is 0. The molecule has 0 radical (unpaired) electrons. The molecule has 0 saturated carbocycles. The Morgan fingerprint density at radius 3 is 3.00 bits per heavy atom. The summed E-state index contributed by atoms with van der Waals surface area (Å²) in [4.78, 5) is 4.08. The van der Waals surface area contributed by atoms with Crippen LogP contribution < -0.4 is 0 Å². The lowest BCUT2D eigenvalue weighted by atomic mass is 10.3. The lowest BCUT2D eigenvalue weighted by Crippen LogP contribution is -1.87. The molecule has 1 heterocycles. The van der Waals surface area contributed by atoms with Gasteiger partial charge in [0.1, 0.15) is 5.82 Å². The minimum absolute atomic E-state index is 0.840. The van der Waals surface area contributed by atoms with E-state index in [0.29, 0.717) is 0 Å². The second-order valence-corrected chi connectivity index (χ2v) is 2.56. The quantitative estimate of drug-likeness (QED) is 0.621. The van der Waals surface area contributed by atoms with Crippen molar-refractivity contribution in [3.05, 3.63) is 43.0 Å². The summed E-state index contributed by atoms with van der Waals surface area (Å²) in [6.07, 6.45) is 9.15. The number of rotatable bonds is 3. The van der Waals surface area contributed by atoms with E-state index in [1.54, 1.807) is 12.3 Å². The van der Waals surface area contributed by atoms with Crippen LogP contribution in [0.3, 0.4) is 0 Å². The Bertz CT molecular complexity index is 318. The third-order valence-electron chi connectivity index (χ3n) is 1.40. The molecule has 0 aliphatic heterocycles. The van der Waals surface area contributed by atoms with E-state index in [-0.39, 0.29) is 0 Å². The first-order valence-corrected chi connectivity index (χ1v) is 3.73. The number of hydrogen-bond donors (Lipinski definition) is 0. The first kappa shape index (κ1) is 8.53. The van der Waals surface area contributed by atoms with Gasteiger partial charge in [0.2, 0.25) is 0 Å². The third-order valence-corrected chi connectivity index (χ3v) is 1.40. The van der Waals surface area contributed by atoms with E-state index in [2.05, 4.69) is 18.1 Å². The van der Waals surface area contributed by atoms with Crippen LogP contribution in [-0.2, 0) is 0 Å². The molecule has 0 saturated heterocycles. The van der Waals surface area contributed by atoms with E-state index >= 15 is 0 Å². The van der Waals surface area contributed by atoms with Crippen LogP contribution in [0, 0.1) is 0 Å². The van der Waals surface area contributed by atoms with Gasteiger partial charge in [0.05, 0.1) is 0 Å². The minimum Gasteiger partial charge on any atom is -0.307 e. The fraction of sp³-hybridized carbons (Fsp3) is 0.100. The molecule has 12 heavy (non-hydrogen) atoms. The molecule has 0 N–H and O–H groups in total. The molecule has 1 aromatic rings. The van der Waals surface area contributed by atoms with E-state index in [0.717, 1.165) is 11.4 Å². The Morgan fingerprint density at radius 2 is 2.42 bits per heavy atom. The van der Waals surface area contributed by atoms with E-state index in [9.17, 15) is 0 Å². The van der Waals surface area contributed by atoms with E-state index in [1.165, 1.54) is 0 Å². The van der Waals surface area contributed by atoms with Gasteiger partial charge >= 0.3 is 0 Å². The minimum atomic E-state index is 0.840. The topological polar surface area (TPSA) is 17.8 Å². The molecule has 1 aromatic heterocycles. The molecule has 0 fully saturated rings. The Morgan fingerprint density at radius 1 is 1.67 bits per heavy atom. The lowest BCUT2D eigenvalue weighted by Gasteiger charge is -1.95. The van der Waals surface area contributed by atoms with Crippen LogP contribution in [0.15, 0.2) is 37.2 Å². The van der Waals surface area contributed by atoms with Crippen molar-refractivity contribution in [1.82, 2.24) is 9.55 Å². The molecular formula is C10H12N2. The molecule has 0 aliphatic carbocycles. The average Bonchev–Trinajstić information content (AvgIpc) is 2.47. The Hall–Kier alpha value is -1.57. The van der Waals surface area contributed by atoms with Crippen LogP contribution in [0.5, 0.6) is 0 Å². The fourth-order valence-electron chi connectivity index (χ4n) is 0.816. The monoisotopic (exact) mass is 160 g/mol. The Kier molecular flexibility index (Phi) is 2.64. The van der Waals surface area contributed by atoms with Gasteiger partial charge in [-0.1, -0.05) is 18.7 Å². The summed E-state index contributed by atoms with van der Waals surface area (Å²) >= 11 is 0. The number of aromatic nitrogens is 2. The van der Waals surface area contributed by atoms with Crippen molar-refractivity contribution >= 4 is 12.3 Å². The van der Waals surface area contributed by atoms with Gasteiger partial charge in [-0.05, 0) is 19.1 Å². The summed E-state index contributed by atoms with van der Waals surface area (Å²) in [7, 11) is 0. The highest BCUT2D eigenvalue weighted by Gasteiger charge is 1.91. The zero-order valence-electron chi connectivity index (χ0n) is 7.20. The van der Waals surface area contributed by atoms with E-state index in [4.69, 9.17) is 0 Å².